The van der Waals surface area contributed by atoms with Crippen molar-refractivity contribution in [3.63, 3.8) is 0 Å². The van der Waals surface area contributed by atoms with Gasteiger partial charge in [0.05, 0.1) is 11.5 Å². The zero-order valence-corrected chi connectivity index (χ0v) is 12.5. The number of anilines is 1. The predicted molar refractivity (Wildman–Crippen MR) is 82.7 cm³/mol. The van der Waals surface area contributed by atoms with Crippen LogP contribution in [0, 0.1) is 12.8 Å². The molecule has 0 radical (unpaired) electrons. The molecule has 1 aliphatic rings. The van der Waals surface area contributed by atoms with Crippen molar-refractivity contribution in [2.75, 3.05) is 23.4 Å². The van der Waals surface area contributed by atoms with Gasteiger partial charge in [0.15, 0.2) is 5.96 Å². The third kappa shape index (κ3) is 4.52. The van der Waals surface area contributed by atoms with Gasteiger partial charge in [-0.3, -0.25) is 4.99 Å². The van der Waals surface area contributed by atoms with Gasteiger partial charge < -0.3 is 11.1 Å². The molecule has 1 aromatic carbocycles. The summed E-state index contributed by atoms with van der Waals surface area (Å²) in [7, 11) is -2.80. The monoisotopic (exact) mass is 295 g/mol. The molecule has 0 aliphatic carbocycles. The Morgan fingerprint density at radius 2 is 2.10 bits per heavy atom. The number of sulfone groups is 1. The summed E-state index contributed by atoms with van der Waals surface area (Å²) in [5.41, 5.74) is 7.91. The Hall–Kier alpha value is -1.56. The van der Waals surface area contributed by atoms with Gasteiger partial charge in [0.1, 0.15) is 9.84 Å². The normalized spacial score (nSPS) is 19.8. The molecule has 6 heteroatoms. The highest BCUT2D eigenvalue weighted by Gasteiger charge is 2.23. The van der Waals surface area contributed by atoms with E-state index < -0.39 is 9.84 Å². The Labute approximate surface area is 120 Å². The van der Waals surface area contributed by atoms with Crippen molar-refractivity contribution >= 4 is 21.5 Å². The molecule has 1 saturated heterocycles. The molecular weight excluding hydrogens is 274 g/mol. The smallest absolute Gasteiger partial charge is 0.193 e. The van der Waals surface area contributed by atoms with Crippen molar-refractivity contribution in [2.45, 2.75) is 19.8 Å². The molecule has 110 valence electrons. The highest BCUT2D eigenvalue weighted by atomic mass is 32.2. The predicted octanol–water partition coefficient (Wildman–Crippen LogP) is 1.55. The summed E-state index contributed by atoms with van der Waals surface area (Å²) in [5.74, 6) is 1.25. The standard InChI is InChI=1S/C14H21N3O2S/c1-11-3-2-4-13(9-11)17-14(15)16-10-12-5-7-20(18,19)8-6-12/h2-4,9,12H,5-8,10H2,1H3,(H3,15,16,17). The van der Waals surface area contributed by atoms with Gasteiger partial charge in [0.2, 0.25) is 0 Å². The first kappa shape index (κ1) is 14.8. The number of aryl methyl sites for hydroxylation is 1. The molecule has 1 aliphatic heterocycles. The van der Waals surface area contributed by atoms with E-state index in [1.165, 1.54) is 0 Å². The number of benzene rings is 1. The van der Waals surface area contributed by atoms with Gasteiger partial charge in [-0.15, -0.1) is 0 Å². The summed E-state index contributed by atoms with van der Waals surface area (Å²) in [6.45, 7) is 2.60. The van der Waals surface area contributed by atoms with E-state index in [1.807, 2.05) is 31.2 Å². The number of nitrogens with one attached hydrogen (secondary N) is 1. The maximum absolute atomic E-state index is 11.3. The number of guanidine groups is 1. The van der Waals surface area contributed by atoms with Gasteiger partial charge in [-0.05, 0) is 43.4 Å². The van der Waals surface area contributed by atoms with E-state index in [0.29, 0.717) is 31.3 Å². The quantitative estimate of drug-likeness (QED) is 0.654. The second-order valence-corrected chi connectivity index (χ2v) is 7.62. The van der Waals surface area contributed by atoms with Crippen LogP contribution in [0.3, 0.4) is 0 Å². The minimum Gasteiger partial charge on any atom is -0.370 e. The lowest BCUT2D eigenvalue weighted by Crippen LogP contribution is -2.27. The molecule has 0 spiro atoms. The van der Waals surface area contributed by atoms with Crippen LogP contribution in [0.2, 0.25) is 0 Å². The third-order valence-corrected chi connectivity index (χ3v) is 5.20. The van der Waals surface area contributed by atoms with E-state index in [1.54, 1.807) is 0 Å². The molecule has 3 N–H and O–H groups in total. The van der Waals surface area contributed by atoms with Crippen molar-refractivity contribution in [2.24, 2.45) is 16.6 Å². The first-order valence-electron chi connectivity index (χ1n) is 6.79. The van der Waals surface area contributed by atoms with Crippen LogP contribution >= 0.6 is 0 Å². The van der Waals surface area contributed by atoms with Crippen LogP contribution < -0.4 is 11.1 Å². The first-order chi connectivity index (χ1) is 9.44. The van der Waals surface area contributed by atoms with Gasteiger partial charge in [-0.1, -0.05) is 12.1 Å². The fraction of sp³-hybridized carbons (Fsp3) is 0.500. The summed E-state index contributed by atoms with van der Waals surface area (Å²) in [4.78, 5) is 4.31. The number of rotatable bonds is 3. The molecule has 0 atom stereocenters. The van der Waals surface area contributed by atoms with E-state index in [4.69, 9.17) is 5.73 Å². The fourth-order valence-electron chi connectivity index (χ4n) is 2.26. The van der Waals surface area contributed by atoms with Crippen molar-refractivity contribution < 1.29 is 8.42 Å². The number of hydrogen-bond acceptors (Lipinski definition) is 3. The van der Waals surface area contributed by atoms with E-state index in [2.05, 4.69) is 10.3 Å². The van der Waals surface area contributed by atoms with Crippen LogP contribution in [0.25, 0.3) is 0 Å². The maximum atomic E-state index is 11.3. The van der Waals surface area contributed by atoms with Gasteiger partial charge in [-0.25, -0.2) is 8.42 Å². The second-order valence-electron chi connectivity index (χ2n) is 5.32. The minimum atomic E-state index is -2.80. The summed E-state index contributed by atoms with van der Waals surface area (Å²) in [6.07, 6.45) is 1.37. The average molecular weight is 295 g/mol. The molecule has 0 amide bonds. The largest absolute Gasteiger partial charge is 0.370 e. The lowest BCUT2D eigenvalue weighted by atomic mass is 10.0. The van der Waals surface area contributed by atoms with Crippen molar-refractivity contribution in [3.8, 4) is 0 Å². The molecule has 20 heavy (non-hydrogen) atoms. The van der Waals surface area contributed by atoms with Crippen LogP contribution in [-0.2, 0) is 9.84 Å². The average Bonchev–Trinajstić information content (AvgIpc) is 2.37. The van der Waals surface area contributed by atoms with E-state index in [0.717, 1.165) is 11.3 Å². The Morgan fingerprint density at radius 1 is 1.40 bits per heavy atom. The van der Waals surface area contributed by atoms with Crippen LogP contribution in [0.4, 0.5) is 5.69 Å². The van der Waals surface area contributed by atoms with Gasteiger partial charge in [0.25, 0.3) is 0 Å². The van der Waals surface area contributed by atoms with Crippen LogP contribution in [-0.4, -0.2) is 32.4 Å². The zero-order valence-electron chi connectivity index (χ0n) is 11.7. The van der Waals surface area contributed by atoms with Crippen LogP contribution in [0.15, 0.2) is 29.3 Å². The topological polar surface area (TPSA) is 84.5 Å². The van der Waals surface area contributed by atoms with Gasteiger partial charge >= 0.3 is 0 Å². The molecule has 1 fully saturated rings. The second kappa shape index (κ2) is 6.26. The highest BCUT2D eigenvalue weighted by Crippen LogP contribution is 2.19. The maximum Gasteiger partial charge on any atom is 0.193 e. The SMILES string of the molecule is Cc1cccc(NC(N)=NCC2CCS(=O)(=O)CC2)c1. The fourth-order valence-corrected chi connectivity index (χ4v) is 3.85. The Bertz CT molecular complexity index is 582. The Kier molecular flexibility index (Phi) is 4.65. The molecular formula is C14H21N3O2S. The van der Waals surface area contributed by atoms with Gasteiger partial charge in [0, 0.05) is 12.2 Å². The minimum absolute atomic E-state index is 0.276. The zero-order chi connectivity index (χ0) is 14.6. The molecule has 0 aromatic heterocycles. The van der Waals surface area contributed by atoms with Gasteiger partial charge in [-0.2, -0.15) is 0 Å². The lowest BCUT2D eigenvalue weighted by Gasteiger charge is -2.20. The molecule has 5 nitrogen and oxygen atoms in total. The lowest BCUT2D eigenvalue weighted by molar-refractivity contribution is 0.475. The summed E-state index contributed by atoms with van der Waals surface area (Å²) in [5, 5.41) is 3.05. The number of nitrogens with zero attached hydrogens (tertiary/aromatic N) is 1. The molecule has 2 rings (SSSR count). The van der Waals surface area contributed by atoms with E-state index in [9.17, 15) is 8.42 Å². The molecule has 1 aromatic rings. The molecule has 0 unspecified atom stereocenters. The van der Waals surface area contributed by atoms with E-state index in [-0.39, 0.29) is 11.5 Å². The van der Waals surface area contributed by atoms with Crippen molar-refractivity contribution in [1.82, 2.24) is 0 Å². The molecule has 0 saturated carbocycles. The third-order valence-electron chi connectivity index (χ3n) is 3.48. The summed E-state index contributed by atoms with van der Waals surface area (Å²) >= 11 is 0. The highest BCUT2D eigenvalue weighted by molar-refractivity contribution is 7.91. The molecule has 0 bridgehead atoms. The number of nitrogens with two attached hydrogens (primary N) is 1. The summed E-state index contributed by atoms with van der Waals surface area (Å²) in [6, 6.07) is 7.90. The number of aliphatic imine (C=N–C) groups is 1. The van der Waals surface area contributed by atoms with Crippen LogP contribution in [0.1, 0.15) is 18.4 Å². The molecule has 1 heterocycles. The van der Waals surface area contributed by atoms with Crippen molar-refractivity contribution in [3.05, 3.63) is 29.8 Å². The van der Waals surface area contributed by atoms with Crippen molar-refractivity contribution in [1.29, 1.82) is 0 Å². The van der Waals surface area contributed by atoms with Crippen LogP contribution in [0.5, 0.6) is 0 Å². The Balaban J connectivity index is 1.85. The Morgan fingerprint density at radius 3 is 2.75 bits per heavy atom. The summed E-state index contributed by atoms with van der Waals surface area (Å²) < 4.78 is 22.7. The van der Waals surface area contributed by atoms with E-state index >= 15 is 0 Å². The number of hydrogen-bond donors (Lipinski definition) is 2. The first-order valence-corrected chi connectivity index (χ1v) is 8.61.